The molecule has 0 saturated carbocycles. The van der Waals surface area contributed by atoms with Gasteiger partial charge in [0.25, 0.3) is 5.91 Å². The summed E-state index contributed by atoms with van der Waals surface area (Å²) >= 11 is 1.67. The number of amides is 4. The van der Waals surface area contributed by atoms with Crippen molar-refractivity contribution in [3.8, 4) is 0 Å². The van der Waals surface area contributed by atoms with E-state index in [4.69, 9.17) is 0 Å². The fourth-order valence-corrected chi connectivity index (χ4v) is 5.55. The molecule has 1 aromatic rings. The van der Waals surface area contributed by atoms with Crippen molar-refractivity contribution in [2.45, 2.75) is 31.2 Å². The van der Waals surface area contributed by atoms with E-state index in [1.54, 1.807) is 16.7 Å². The number of imide groups is 1. The van der Waals surface area contributed by atoms with Gasteiger partial charge >= 0.3 is 6.03 Å². The normalized spacial score (nSPS) is 26.1. The smallest absolute Gasteiger partial charge is 0.325 e. The van der Waals surface area contributed by atoms with Gasteiger partial charge in [-0.25, -0.2) is 4.79 Å². The lowest BCUT2D eigenvalue weighted by Crippen LogP contribution is -2.48. The van der Waals surface area contributed by atoms with Crippen molar-refractivity contribution in [3.05, 3.63) is 35.9 Å². The first-order valence-electron chi connectivity index (χ1n) is 9.61. The highest BCUT2D eigenvalue weighted by Gasteiger charge is 2.53. The number of hydrogen-bond donors (Lipinski definition) is 1. The molecule has 3 saturated heterocycles. The molecule has 3 heterocycles. The quantitative estimate of drug-likeness (QED) is 0.801. The van der Waals surface area contributed by atoms with E-state index in [0.717, 1.165) is 29.9 Å². The summed E-state index contributed by atoms with van der Waals surface area (Å²) < 4.78 is 0. The average molecular weight is 388 g/mol. The minimum Gasteiger partial charge on any atom is -0.341 e. The molecule has 0 aliphatic carbocycles. The highest BCUT2D eigenvalue weighted by molar-refractivity contribution is 7.99. The minimum atomic E-state index is -0.773. The van der Waals surface area contributed by atoms with Crippen LogP contribution in [0.4, 0.5) is 4.79 Å². The van der Waals surface area contributed by atoms with Crippen LogP contribution in [0.15, 0.2) is 30.3 Å². The molecule has 0 bridgehead atoms. The van der Waals surface area contributed by atoms with E-state index in [1.165, 1.54) is 5.56 Å². The van der Waals surface area contributed by atoms with Crippen LogP contribution in [0.3, 0.4) is 0 Å². The first-order chi connectivity index (χ1) is 13.1. The van der Waals surface area contributed by atoms with Gasteiger partial charge in [-0.2, -0.15) is 11.8 Å². The molecule has 0 aromatic heterocycles. The molecular formula is C20H25N3O3S. The predicted octanol–water partition coefficient (Wildman–Crippen LogP) is 1.90. The van der Waals surface area contributed by atoms with E-state index in [9.17, 15) is 14.4 Å². The first-order valence-corrected chi connectivity index (χ1v) is 10.8. The van der Waals surface area contributed by atoms with Crippen LogP contribution in [0.1, 0.15) is 24.8 Å². The van der Waals surface area contributed by atoms with Crippen LogP contribution in [0.5, 0.6) is 0 Å². The second-order valence-electron chi connectivity index (χ2n) is 7.72. The van der Waals surface area contributed by atoms with E-state index in [0.29, 0.717) is 31.2 Å². The Labute approximate surface area is 163 Å². The molecule has 27 heavy (non-hydrogen) atoms. The van der Waals surface area contributed by atoms with Gasteiger partial charge in [-0.05, 0) is 42.9 Å². The average Bonchev–Trinajstić information content (AvgIpc) is 3.24. The summed E-state index contributed by atoms with van der Waals surface area (Å²) in [6.07, 6.45) is 3.61. The lowest BCUT2D eigenvalue weighted by atomic mass is 9.90. The molecule has 4 amide bonds. The van der Waals surface area contributed by atoms with Crippen LogP contribution in [0, 0.1) is 5.92 Å². The van der Waals surface area contributed by atoms with E-state index in [1.807, 2.05) is 6.07 Å². The van der Waals surface area contributed by atoms with Gasteiger partial charge in [0.1, 0.15) is 12.1 Å². The van der Waals surface area contributed by atoms with Crippen LogP contribution in [0.25, 0.3) is 0 Å². The monoisotopic (exact) mass is 387 g/mol. The number of urea groups is 1. The summed E-state index contributed by atoms with van der Waals surface area (Å²) in [5, 5.41) is 2.82. The van der Waals surface area contributed by atoms with E-state index in [-0.39, 0.29) is 18.4 Å². The largest absolute Gasteiger partial charge is 0.341 e. The van der Waals surface area contributed by atoms with Crippen molar-refractivity contribution in [2.24, 2.45) is 5.92 Å². The Morgan fingerprint density at radius 3 is 2.59 bits per heavy atom. The highest BCUT2D eigenvalue weighted by atomic mass is 32.2. The summed E-state index contributed by atoms with van der Waals surface area (Å²) in [6, 6.07) is 10.0. The number of rotatable bonds is 4. The summed E-state index contributed by atoms with van der Waals surface area (Å²) in [5.74, 6) is 1.69. The van der Waals surface area contributed by atoms with E-state index >= 15 is 0 Å². The molecule has 3 aliphatic rings. The highest BCUT2D eigenvalue weighted by Crippen LogP contribution is 2.33. The van der Waals surface area contributed by atoms with Crippen LogP contribution < -0.4 is 5.32 Å². The predicted molar refractivity (Wildman–Crippen MR) is 104 cm³/mol. The van der Waals surface area contributed by atoms with Gasteiger partial charge in [0.15, 0.2) is 0 Å². The van der Waals surface area contributed by atoms with Crippen LogP contribution in [-0.2, 0) is 16.0 Å². The molecule has 0 unspecified atom stereocenters. The topological polar surface area (TPSA) is 69.7 Å². The number of likely N-dealkylation sites (tertiary alicyclic amines) is 1. The molecule has 1 atom stereocenters. The third-order valence-electron chi connectivity index (χ3n) is 5.90. The van der Waals surface area contributed by atoms with Crippen LogP contribution >= 0.6 is 11.8 Å². The van der Waals surface area contributed by atoms with Gasteiger partial charge in [0.05, 0.1) is 0 Å². The number of carbonyl (C=O) groups is 3. The Morgan fingerprint density at radius 2 is 1.93 bits per heavy atom. The summed E-state index contributed by atoms with van der Waals surface area (Å²) in [5.41, 5.74) is 0.561. The fourth-order valence-electron chi connectivity index (χ4n) is 4.22. The van der Waals surface area contributed by atoms with Crippen LogP contribution in [0.2, 0.25) is 0 Å². The molecule has 144 valence electrons. The molecule has 0 radical (unpaired) electrons. The second-order valence-corrected chi connectivity index (χ2v) is 8.83. The lowest BCUT2D eigenvalue weighted by Gasteiger charge is -2.33. The minimum absolute atomic E-state index is 0.126. The standard InChI is InChI=1S/C20H25N3O3S/c24-17(13-23-18(25)20(21-19(23)26)8-11-27-14-20)22-9-6-16(7-10-22)12-15-4-2-1-3-5-15/h1-5,16H,6-14H2,(H,21,26)/t20-/m0/s1. The number of benzene rings is 1. The van der Waals surface area contributed by atoms with Gasteiger partial charge in [-0.3, -0.25) is 14.5 Å². The van der Waals surface area contributed by atoms with Crippen molar-refractivity contribution in [2.75, 3.05) is 31.1 Å². The Morgan fingerprint density at radius 1 is 1.19 bits per heavy atom. The third kappa shape index (κ3) is 3.70. The van der Waals surface area contributed by atoms with Gasteiger partial charge < -0.3 is 10.2 Å². The summed E-state index contributed by atoms with van der Waals surface area (Å²) in [7, 11) is 0. The first kappa shape index (κ1) is 18.3. The molecule has 3 fully saturated rings. The second kappa shape index (κ2) is 7.54. The number of nitrogens with zero attached hydrogens (tertiary/aromatic N) is 2. The third-order valence-corrected chi connectivity index (χ3v) is 7.09. The Balaban J connectivity index is 1.30. The van der Waals surface area contributed by atoms with Crippen LogP contribution in [-0.4, -0.2) is 64.3 Å². The molecule has 1 N–H and O–H groups in total. The van der Waals surface area contributed by atoms with Crippen molar-refractivity contribution < 1.29 is 14.4 Å². The number of piperidine rings is 1. The van der Waals surface area contributed by atoms with Crippen molar-refractivity contribution in [3.63, 3.8) is 0 Å². The molecular weight excluding hydrogens is 362 g/mol. The Kier molecular flexibility index (Phi) is 5.12. The molecule has 4 rings (SSSR count). The van der Waals surface area contributed by atoms with Crippen molar-refractivity contribution in [1.82, 2.24) is 15.1 Å². The van der Waals surface area contributed by atoms with E-state index in [2.05, 4.69) is 29.6 Å². The maximum atomic E-state index is 12.7. The van der Waals surface area contributed by atoms with Gasteiger partial charge in [0, 0.05) is 18.8 Å². The Bertz CT molecular complexity index is 725. The maximum absolute atomic E-state index is 12.7. The zero-order valence-electron chi connectivity index (χ0n) is 15.4. The number of nitrogens with one attached hydrogen (secondary N) is 1. The Hall–Kier alpha value is -2.02. The summed E-state index contributed by atoms with van der Waals surface area (Å²) in [6.45, 7) is 1.25. The van der Waals surface area contributed by atoms with Gasteiger partial charge in [0.2, 0.25) is 5.91 Å². The molecule has 1 aromatic carbocycles. The zero-order valence-corrected chi connectivity index (χ0v) is 16.2. The maximum Gasteiger partial charge on any atom is 0.325 e. The lowest BCUT2D eigenvalue weighted by molar-refractivity contribution is -0.139. The van der Waals surface area contributed by atoms with Crippen molar-refractivity contribution >= 4 is 29.6 Å². The van der Waals surface area contributed by atoms with Gasteiger partial charge in [-0.1, -0.05) is 30.3 Å². The molecule has 1 spiro atoms. The number of hydrogen-bond acceptors (Lipinski definition) is 4. The zero-order chi connectivity index (χ0) is 18.9. The molecule has 6 nitrogen and oxygen atoms in total. The molecule has 7 heteroatoms. The van der Waals surface area contributed by atoms with E-state index < -0.39 is 11.6 Å². The van der Waals surface area contributed by atoms with Gasteiger partial charge in [-0.15, -0.1) is 0 Å². The SMILES string of the molecule is O=C(CN1C(=O)N[C@]2(CCSC2)C1=O)N1CCC(Cc2ccccc2)CC1. The summed E-state index contributed by atoms with van der Waals surface area (Å²) in [4.78, 5) is 40.5. The number of thioether (sulfide) groups is 1. The van der Waals surface area contributed by atoms with Crippen molar-refractivity contribution in [1.29, 1.82) is 0 Å². The fraction of sp³-hybridized carbons (Fsp3) is 0.550. The molecule has 3 aliphatic heterocycles. The number of carbonyl (C=O) groups excluding carboxylic acids is 3.